The first-order valence-electron chi connectivity index (χ1n) is 5.27. The molecule has 0 aliphatic heterocycles. The van der Waals surface area contributed by atoms with E-state index in [0.717, 1.165) is 20.1 Å². The Kier molecular flexibility index (Phi) is 5.15. The molecule has 1 rings (SSSR count). The van der Waals surface area contributed by atoms with E-state index in [1.807, 2.05) is 0 Å². The Bertz CT molecular complexity index is 540. The van der Waals surface area contributed by atoms with Crippen LogP contribution in [0.2, 0.25) is 0 Å². The largest absolute Gasteiger partial charge is 0.465 e. The predicted molar refractivity (Wildman–Crippen MR) is 66.7 cm³/mol. The van der Waals surface area contributed by atoms with Gasteiger partial charge in [-0.05, 0) is 17.7 Å². The third-order valence-corrected chi connectivity index (χ3v) is 2.92. The molecule has 0 saturated carbocycles. The van der Waals surface area contributed by atoms with Crippen molar-refractivity contribution in [2.45, 2.75) is 18.4 Å². The second-order valence-corrected chi connectivity index (χ2v) is 4.28. The average molecular weight is 355 g/mol. The van der Waals surface area contributed by atoms with Gasteiger partial charge in [0.25, 0.3) is 0 Å². The van der Waals surface area contributed by atoms with E-state index in [1.54, 1.807) is 0 Å². The van der Waals surface area contributed by atoms with Gasteiger partial charge in [-0.1, -0.05) is 15.9 Å². The monoisotopic (exact) mass is 354 g/mol. The van der Waals surface area contributed by atoms with Crippen molar-refractivity contribution in [3.63, 3.8) is 0 Å². The number of hydrogen-bond donors (Lipinski definition) is 0. The van der Waals surface area contributed by atoms with Gasteiger partial charge in [0, 0.05) is 12.3 Å². The maximum atomic E-state index is 12.9. The van der Waals surface area contributed by atoms with Crippen molar-refractivity contribution in [2.24, 2.45) is 0 Å². The van der Waals surface area contributed by atoms with E-state index in [-0.39, 0.29) is 16.6 Å². The number of methoxy groups -OCH3 is 1. The average Bonchev–Trinajstić information content (AvgIpc) is 2.35. The minimum Gasteiger partial charge on any atom is -0.465 e. The van der Waals surface area contributed by atoms with Gasteiger partial charge in [0.1, 0.15) is 11.3 Å². The van der Waals surface area contributed by atoms with Crippen molar-refractivity contribution < 1.29 is 32.2 Å². The summed E-state index contributed by atoms with van der Waals surface area (Å²) in [6, 6.07) is 1.60. The normalized spacial score (nSPS) is 11.1. The van der Waals surface area contributed by atoms with Crippen LogP contribution < -0.4 is 4.74 Å². The van der Waals surface area contributed by atoms with Crippen molar-refractivity contribution in [3.8, 4) is 5.75 Å². The first-order valence-corrected chi connectivity index (χ1v) is 6.39. The summed E-state index contributed by atoms with van der Waals surface area (Å²) in [6.45, 7) is 1.08. The molecule has 0 amide bonds. The highest BCUT2D eigenvalue weighted by atomic mass is 79.9. The first kappa shape index (κ1) is 16.5. The number of rotatable bonds is 3. The summed E-state index contributed by atoms with van der Waals surface area (Å²) < 4.78 is 47.8. The fourth-order valence-corrected chi connectivity index (χ4v) is 1.97. The molecule has 0 aromatic heterocycles. The van der Waals surface area contributed by atoms with Gasteiger partial charge < -0.3 is 9.47 Å². The van der Waals surface area contributed by atoms with E-state index in [9.17, 15) is 22.8 Å². The Morgan fingerprint density at radius 3 is 2.30 bits per heavy atom. The predicted octanol–water partition coefficient (Wildman–Crippen LogP) is 3.31. The minimum absolute atomic E-state index is 0.114. The van der Waals surface area contributed by atoms with Gasteiger partial charge in [-0.3, -0.25) is 4.79 Å². The SMILES string of the molecule is COC(=O)c1cc(C(F)(F)F)c(CBr)cc1OC(C)=O. The lowest BCUT2D eigenvalue weighted by Crippen LogP contribution is -2.14. The summed E-state index contributed by atoms with van der Waals surface area (Å²) in [5.41, 5.74) is -1.60. The molecule has 0 N–H and O–H groups in total. The van der Waals surface area contributed by atoms with E-state index >= 15 is 0 Å². The zero-order chi connectivity index (χ0) is 15.5. The van der Waals surface area contributed by atoms with Gasteiger partial charge in [0.05, 0.1) is 12.7 Å². The molecular weight excluding hydrogens is 345 g/mol. The molecule has 8 heteroatoms. The molecule has 20 heavy (non-hydrogen) atoms. The quantitative estimate of drug-likeness (QED) is 0.474. The first-order chi connectivity index (χ1) is 9.20. The molecule has 0 heterocycles. The molecule has 0 fully saturated rings. The summed E-state index contributed by atoms with van der Waals surface area (Å²) >= 11 is 2.92. The van der Waals surface area contributed by atoms with Gasteiger partial charge in [0.15, 0.2) is 0 Å². The Balaban J connectivity index is 3.52. The zero-order valence-corrected chi connectivity index (χ0v) is 12.1. The van der Waals surface area contributed by atoms with Crippen LogP contribution >= 0.6 is 15.9 Å². The Morgan fingerprint density at radius 1 is 1.30 bits per heavy atom. The number of alkyl halides is 4. The maximum absolute atomic E-state index is 12.9. The maximum Gasteiger partial charge on any atom is 0.416 e. The van der Waals surface area contributed by atoms with Crippen molar-refractivity contribution in [3.05, 3.63) is 28.8 Å². The van der Waals surface area contributed by atoms with E-state index in [2.05, 4.69) is 20.7 Å². The number of esters is 2. The lowest BCUT2D eigenvalue weighted by Gasteiger charge is -2.15. The minimum atomic E-state index is -4.64. The standard InChI is InChI=1S/C12H10BrF3O4/c1-6(17)20-10-3-7(5-13)9(12(14,15)16)4-8(10)11(18)19-2/h3-4H,5H2,1-2H3. The Labute approximate surface area is 121 Å². The van der Waals surface area contributed by atoms with Crippen LogP contribution in [0.1, 0.15) is 28.4 Å². The fourth-order valence-electron chi connectivity index (χ4n) is 1.51. The third kappa shape index (κ3) is 3.72. The second kappa shape index (κ2) is 6.25. The van der Waals surface area contributed by atoms with Crippen LogP contribution in [0.5, 0.6) is 5.75 Å². The Hall–Kier alpha value is -1.57. The number of carbonyl (C=O) groups is 2. The van der Waals surface area contributed by atoms with Crippen LogP contribution in [0, 0.1) is 0 Å². The molecule has 1 aromatic carbocycles. The molecular formula is C12H10BrF3O4. The topological polar surface area (TPSA) is 52.6 Å². The summed E-state index contributed by atoms with van der Waals surface area (Å²) in [7, 11) is 1.02. The molecule has 0 spiro atoms. The number of ether oxygens (including phenoxy) is 2. The van der Waals surface area contributed by atoms with Gasteiger partial charge in [-0.25, -0.2) is 4.79 Å². The second-order valence-electron chi connectivity index (χ2n) is 3.72. The molecule has 0 aliphatic carbocycles. The van der Waals surface area contributed by atoms with Crippen LogP contribution in [0.4, 0.5) is 13.2 Å². The highest BCUT2D eigenvalue weighted by Gasteiger charge is 2.35. The molecule has 0 radical (unpaired) electrons. The third-order valence-electron chi connectivity index (χ3n) is 2.31. The summed E-state index contributed by atoms with van der Waals surface area (Å²) in [5, 5.41) is -0.114. The van der Waals surface area contributed by atoms with Gasteiger partial charge in [-0.2, -0.15) is 13.2 Å². The summed E-state index contributed by atoms with van der Waals surface area (Å²) in [4.78, 5) is 22.5. The van der Waals surface area contributed by atoms with Gasteiger partial charge in [-0.15, -0.1) is 0 Å². The smallest absolute Gasteiger partial charge is 0.416 e. The van der Waals surface area contributed by atoms with Crippen molar-refractivity contribution in [2.75, 3.05) is 7.11 Å². The molecule has 110 valence electrons. The van der Waals surface area contributed by atoms with Crippen molar-refractivity contribution in [1.82, 2.24) is 0 Å². The van der Waals surface area contributed by atoms with Gasteiger partial charge in [0.2, 0.25) is 0 Å². The Morgan fingerprint density at radius 2 is 1.90 bits per heavy atom. The molecule has 0 atom stereocenters. The molecule has 4 nitrogen and oxygen atoms in total. The lowest BCUT2D eigenvalue weighted by atomic mass is 10.0. The zero-order valence-electron chi connectivity index (χ0n) is 10.5. The molecule has 0 unspecified atom stereocenters. The molecule has 0 saturated heterocycles. The van der Waals surface area contributed by atoms with E-state index in [4.69, 9.17) is 4.74 Å². The highest BCUT2D eigenvalue weighted by Crippen LogP contribution is 2.37. The van der Waals surface area contributed by atoms with Crippen LogP contribution in [0.3, 0.4) is 0 Å². The van der Waals surface area contributed by atoms with Crippen LogP contribution in [0.15, 0.2) is 12.1 Å². The number of halogens is 4. The van der Waals surface area contributed by atoms with Crippen molar-refractivity contribution in [1.29, 1.82) is 0 Å². The van der Waals surface area contributed by atoms with Crippen LogP contribution in [-0.2, 0) is 21.0 Å². The summed E-state index contributed by atoms with van der Waals surface area (Å²) in [6.07, 6.45) is -4.64. The number of carbonyl (C=O) groups excluding carboxylic acids is 2. The fraction of sp³-hybridized carbons (Fsp3) is 0.333. The van der Waals surface area contributed by atoms with E-state index in [0.29, 0.717) is 6.07 Å². The highest BCUT2D eigenvalue weighted by molar-refractivity contribution is 9.08. The summed E-state index contributed by atoms with van der Waals surface area (Å²) in [5.74, 6) is -2.05. The number of benzene rings is 1. The molecule has 0 bridgehead atoms. The van der Waals surface area contributed by atoms with Crippen molar-refractivity contribution >= 4 is 27.9 Å². The van der Waals surface area contributed by atoms with E-state index < -0.39 is 29.2 Å². The lowest BCUT2D eigenvalue weighted by molar-refractivity contribution is -0.138. The van der Waals surface area contributed by atoms with Gasteiger partial charge >= 0.3 is 18.1 Å². The van der Waals surface area contributed by atoms with E-state index in [1.165, 1.54) is 0 Å². The van der Waals surface area contributed by atoms with Crippen LogP contribution in [-0.4, -0.2) is 19.0 Å². The molecule has 1 aromatic rings. The molecule has 0 aliphatic rings. The number of hydrogen-bond acceptors (Lipinski definition) is 4. The van der Waals surface area contributed by atoms with Crippen LogP contribution in [0.25, 0.3) is 0 Å².